The van der Waals surface area contributed by atoms with Crippen molar-refractivity contribution in [3.8, 4) is 0 Å². The van der Waals surface area contributed by atoms with Crippen molar-refractivity contribution in [2.75, 3.05) is 0 Å². The van der Waals surface area contributed by atoms with E-state index in [9.17, 15) is 9.90 Å². The number of fused-ring (bicyclic) bond motifs is 1. The smallest absolute Gasteiger partial charge is 0.315 e. The lowest BCUT2D eigenvalue weighted by atomic mass is 9.83. The first-order chi connectivity index (χ1) is 8.22. The first kappa shape index (κ1) is 10.8. The number of carboxylic acids is 1. The Labute approximate surface area is 101 Å². The molecule has 2 heterocycles. The molecule has 0 radical (unpaired) electrons. The number of aliphatic carboxylic acids is 1. The van der Waals surface area contributed by atoms with Crippen LogP contribution in [0, 0.1) is 0 Å². The molecule has 1 aliphatic heterocycles. The number of hydrogen-bond acceptors (Lipinski definition) is 2. The Morgan fingerprint density at radius 1 is 1.29 bits per heavy atom. The molecule has 1 aromatic heterocycles. The Hall–Kier alpha value is -1.32. The molecule has 3 rings (SSSR count). The van der Waals surface area contributed by atoms with Crippen LogP contribution in [0.15, 0.2) is 6.20 Å². The number of carboxylic acid groups (broad SMARTS) is 1. The third kappa shape index (κ3) is 1.58. The summed E-state index contributed by atoms with van der Waals surface area (Å²) in [5.41, 5.74) is 0.115. The molecule has 2 aliphatic rings. The lowest BCUT2D eigenvalue weighted by Crippen LogP contribution is -2.33. The molecule has 0 bridgehead atoms. The largest absolute Gasteiger partial charge is 0.481 e. The molecule has 0 aromatic carbocycles. The number of carbonyl (C=O) groups is 1. The Balaban J connectivity index is 2.01. The van der Waals surface area contributed by atoms with Crippen molar-refractivity contribution < 1.29 is 9.90 Å². The highest BCUT2D eigenvalue weighted by Gasteiger charge is 2.45. The second kappa shape index (κ2) is 3.86. The summed E-state index contributed by atoms with van der Waals surface area (Å²) in [6.07, 6.45) is 8.86. The van der Waals surface area contributed by atoms with Crippen molar-refractivity contribution in [1.29, 1.82) is 0 Å². The highest BCUT2D eigenvalue weighted by molar-refractivity contribution is 5.81. The summed E-state index contributed by atoms with van der Waals surface area (Å²) in [5, 5.41) is 9.53. The summed E-state index contributed by atoms with van der Waals surface area (Å²) < 4.78 is 2.15. The number of imidazole rings is 1. The third-order valence-corrected chi connectivity index (χ3v) is 4.27. The molecule has 0 amide bonds. The minimum atomic E-state index is -0.690. The van der Waals surface area contributed by atoms with Crippen LogP contribution in [0.3, 0.4) is 0 Å². The fourth-order valence-corrected chi connectivity index (χ4v) is 3.20. The molecule has 17 heavy (non-hydrogen) atoms. The number of nitrogens with zero attached hydrogens (tertiary/aromatic N) is 2. The number of aromatic nitrogens is 2. The van der Waals surface area contributed by atoms with Gasteiger partial charge in [-0.3, -0.25) is 4.79 Å². The molecule has 0 atom stereocenters. The molecular weight excluding hydrogens is 216 g/mol. The SMILES string of the molecule is O=C(O)C1(c2cn3c(n2)CCCC3)CCCC1. The number of rotatable bonds is 2. The average Bonchev–Trinajstić information content (AvgIpc) is 2.96. The second-order valence-electron chi connectivity index (χ2n) is 5.29. The van der Waals surface area contributed by atoms with Crippen molar-refractivity contribution in [1.82, 2.24) is 9.55 Å². The lowest BCUT2D eigenvalue weighted by Gasteiger charge is -2.20. The van der Waals surface area contributed by atoms with Crippen molar-refractivity contribution in [2.24, 2.45) is 0 Å². The van der Waals surface area contributed by atoms with E-state index in [1.54, 1.807) is 0 Å². The van der Waals surface area contributed by atoms with E-state index in [0.29, 0.717) is 0 Å². The lowest BCUT2D eigenvalue weighted by molar-refractivity contribution is -0.143. The second-order valence-corrected chi connectivity index (χ2v) is 5.29. The van der Waals surface area contributed by atoms with Crippen LogP contribution < -0.4 is 0 Å². The number of aryl methyl sites for hydroxylation is 2. The summed E-state index contributed by atoms with van der Waals surface area (Å²) in [6.45, 7) is 0.998. The third-order valence-electron chi connectivity index (χ3n) is 4.27. The Morgan fingerprint density at radius 3 is 2.71 bits per heavy atom. The zero-order chi connectivity index (χ0) is 11.9. The van der Waals surface area contributed by atoms with E-state index in [-0.39, 0.29) is 0 Å². The van der Waals surface area contributed by atoms with Gasteiger partial charge in [0.25, 0.3) is 0 Å². The molecule has 1 aromatic rings. The van der Waals surface area contributed by atoms with E-state index in [1.807, 2.05) is 6.20 Å². The van der Waals surface area contributed by atoms with E-state index >= 15 is 0 Å². The normalized spacial score (nSPS) is 22.4. The molecule has 1 N–H and O–H groups in total. The van der Waals surface area contributed by atoms with Crippen LogP contribution in [0.25, 0.3) is 0 Å². The zero-order valence-electron chi connectivity index (χ0n) is 9.98. The van der Waals surface area contributed by atoms with Crippen LogP contribution in [0.4, 0.5) is 0 Å². The maximum absolute atomic E-state index is 11.6. The molecule has 0 unspecified atom stereocenters. The molecule has 1 fully saturated rings. The van der Waals surface area contributed by atoms with Gasteiger partial charge in [-0.15, -0.1) is 0 Å². The fourth-order valence-electron chi connectivity index (χ4n) is 3.20. The van der Waals surface area contributed by atoms with Gasteiger partial charge in [0.15, 0.2) is 0 Å². The van der Waals surface area contributed by atoms with Gasteiger partial charge in [0.1, 0.15) is 11.2 Å². The van der Waals surface area contributed by atoms with E-state index in [4.69, 9.17) is 0 Å². The Bertz CT molecular complexity index is 421. The van der Waals surface area contributed by atoms with Crippen LogP contribution in [0.2, 0.25) is 0 Å². The standard InChI is InChI=1S/C13H18N2O2/c16-12(17)13(6-2-3-7-13)10-9-15-8-4-1-5-11(15)14-10/h9H,1-8H2,(H,16,17). The monoisotopic (exact) mass is 234 g/mol. The summed E-state index contributed by atoms with van der Waals surface area (Å²) in [4.78, 5) is 16.2. The van der Waals surface area contributed by atoms with E-state index in [1.165, 1.54) is 12.8 Å². The van der Waals surface area contributed by atoms with Crippen molar-refractivity contribution in [2.45, 2.75) is 56.9 Å². The molecule has 0 spiro atoms. The summed E-state index contributed by atoms with van der Waals surface area (Å²) >= 11 is 0. The fraction of sp³-hybridized carbons (Fsp3) is 0.692. The van der Waals surface area contributed by atoms with Gasteiger partial charge in [-0.2, -0.15) is 0 Å². The van der Waals surface area contributed by atoms with Gasteiger partial charge in [0.2, 0.25) is 0 Å². The molecule has 1 saturated carbocycles. The molecule has 0 saturated heterocycles. The van der Waals surface area contributed by atoms with Crippen LogP contribution in [0.5, 0.6) is 0 Å². The van der Waals surface area contributed by atoms with E-state index in [2.05, 4.69) is 9.55 Å². The summed E-state index contributed by atoms with van der Waals surface area (Å²) in [5.74, 6) is 0.393. The topological polar surface area (TPSA) is 55.1 Å². The van der Waals surface area contributed by atoms with Gasteiger partial charge in [-0.1, -0.05) is 12.8 Å². The predicted octanol–water partition coefficient (Wildman–Crippen LogP) is 2.12. The Morgan fingerprint density at radius 2 is 2.06 bits per heavy atom. The van der Waals surface area contributed by atoms with Crippen LogP contribution in [0.1, 0.15) is 50.0 Å². The first-order valence-electron chi connectivity index (χ1n) is 6.52. The summed E-state index contributed by atoms with van der Waals surface area (Å²) in [7, 11) is 0. The predicted molar refractivity (Wildman–Crippen MR) is 62.9 cm³/mol. The quantitative estimate of drug-likeness (QED) is 0.852. The Kier molecular flexibility index (Phi) is 2.45. The molecule has 4 nitrogen and oxygen atoms in total. The van der Waals surface area contributed by atoms with Crippen LogP contribution in [-0.4, -0.2) is 20.6 Å². The molecule has 4 heteroatoms. The van der Waals surface area contributed by atoms with Gasteiger partial charge in [0, 0.05) is 19.2 Å². The van der Waals surface area contributed by atoms with Crippen LogP contribution in [-0.2, 0) is 23.2 Å². The maximum atomic E-state index is 11.6. The van der Waals surface area contributed by atoms with E-state index in [0.717, 1.165) is 50.2 Å². The van der Waals surface area contributed by atoms with Crippen molar-refractivity contribution in [3.63, 3.8) is 0 Å². The minimum Gasteiger partial charge on any atom is -0.481 e. The minimum absolute atomic E-state index is 0.689. The summed E-state index contributed by atoms with van der Waals surface area (Å²) in [6, 6.07) is 0. The maximum Gasteiger partial charge on any atom is 0.315 e. The number of hydrogen-bond donors (Lipinski definition) is 1. The molecule has 92 valence electrons. The van der Waals surface area contributed by atoms with E-state index < -0.39 is 11.4 Å². The van der Waals surface area contributed by atoms with Gasteiger partial charge < -0.3 is 9.67 Å². The van der Waals surface area contributed by atoms with Crippen LogP contribution >= 0.6 is 0 Å². The highest BCUT2D eigenvalue weighted by Crippen LogP contribution is 2.41. The van der Waals surface area contributed by atoms with Gasteiger partial charge in [-0.25, -0.2) is 4.98 Å². The molecule has 1 aliphatic carbocycles. The van der Waals surface area contributed by atoms with Crippen molar-refractivity contribution in [3.05, 3.63) is 17.7 Å². The van der Waals surface area contributed by atoms with Gasteiger partial charge in [0.05, 0.1) is 5.69 Å². The highest BCUT2D eigenvalue weighted by atomic mass is 16.4. The first-order valence-corrected chi connectivity index (χ1v) is 6.52. The average molecular weight is 234 g/mol. The zero-order valence-corrected chi connectivity index (χ0v) is 9.98. The van der Waals surface area contributed by atoms with Gasteiger partial charge >= 0.3 is 5.97 Å². The molecular formula is C13H18N2O2. The van der Waals surface area contributed by atoms with Gasteiger partial charge in [-0.05, 0) is 25.7 Å². The van der Waals surface area contributed by atoms with Crippen molar-refractivity contribution >= 4 is 5.97 Å².